The highest BCUT2D eigenvalue weighted by Gasteiger charge is 2.14. The number of aryl methyl sites for hydroxylation is 1. The van der Waals surface area contributed by atoms with Crippen molar-refractivity contribution in [3.63, 3.8) is 0 Å². The van der Waals surface area contributed by atoms with Gasteiger partial charge in [-0.3, -0.25) is 0 Å². The van der Waals surface area contributed by atoms with Crippen LogP contribution in [0.2, 0.25) is 0 Å². The molecule has 126 valence electrons. The van der Waals surface area contributed by atoms with Crippen molar-refractivity contribution in [3.05, 3.63) is 77.4 Å². The van der Waals surface area contributed by atoms with Crippen LogP contribution in [0.5, 0.6) is 0 Å². The Kier molecular flexibility index (Phi) is 4.12. The smallest absolute Gasteiger partial charge is 0.226 e. The third kappa shape index (κ3) is 3.21. The lowest BCUT2D eigenvalue weighted by Gasteiger charge is -1.96. The predicted molar refractivity (Wildman–Crippen MR) is 96.5 cm³/mol. The standard InChI is InChI=1S/C21H19NO3/c1-14-19(22-21(24-14)16-5-3-2-4-6-16)13-18-12-17-11-15(9-10-23)7-8-20(17)25-18/h2-8,11-12,23H,9-10,13H2,1H3. The van der Waals surface area contributed by atoms with Gasteiger partial charge >= 0.3 is 0 Å². The van der Waals surface area contributed by atoms with Crippen LogP contribution in [0.25, 0.3) is 22.4 Å². The monoisotopic (exact) mass is 333 g/mol. The van der Waals surface area contributed by atoms with Crippen LogP contribution < -0.4 is 0 Å². The maximum Gasteiger partial charge on any atom is 0.226 e. The Morgan fingerprint density at radius 1 is 1.00 bits per heavy atom. The molecule has 0 atom stereocenters. The maximum absolute atomic E-state index is 9.08. The van der Waals surface area contributed by atoms with E-state index in [-0.39, 0.29) is 6.61 Å². The minimum atomic E-state index is 0.149. The molecule has 25 heavy (non-hydrogen) atoms. The highest BCUT2D eigenvalue weighted by atomic mass is 16.4. The molecule has 0 saturated heterocycles. The molecule has 0 unspecified atom stereocenters. The van der Waals surface area contributed by atoms with E-state index in [0.717, 1.165) is 39.3 Å². The van der Waals surface area contributed by atoms with E-state index in [1.54, 1.807) is 0 Å². The zero-order valence-electron chi connectivity index (χ0n) is 14.0. The summed E-state index contributed by atoms with van der Waals surface area (Å²) >= 11 is 0. The number of rotatable bonds is 5. The Bertz CT molecular complexity index is 999. The van der Waals surface area contributed by atoms with E-state index in [4.69, 9.17) is 13.9 Å². The molecular weight excluding hydrogens is 314 g/mol. The quantitative estimate of drug-likeness (QED) is 0.583. The number of hydrogen-bond donors (Lipinski definition) is 1. The van der Waals surface area contributed by atoms with Crippen LogP contribution in [0.3, 0.4) is 0 Å². The first kappa shape index (κ1) is 15.7. The molecular formula is C21H19NO3. The minimum Gasteiger partial charge on any atom is -0.461 e. The van der Waals surface area contributed by atoms with Gasteiger partial charge in [0, 0.05) is 17.6 Å². The van der Waals surface area contributed by atoms with Gasteiger partial charge in [0.1, 0.15) is 17.1 Å². The van der Waals surface area contributed by atoms with Gasteiger partial charge in [0.25, 0.3) is 0 Å². The van der Waals surface area contributed by atoms with E-state index < -0.39 is 0 Å². The average molecular weight is 333 g/mol. The van der Waals surface area contributed by atoms with Crippen molar-refractivity contribution in [3.8, 4) is 11.5 Å². The number of nitrogens with zero attached hydrogens (tertiary/aromatic N) is 1. The summed E-state index contributed by atoms with van der Waals surface area (Å²) in [5.74, 6) is 2.29. The summed E-state index contributed by atoms with van der Waals surface area (Å²) in [7, 11) is 0. The van der Waals surface area contributed by atoms with E-state index in [1.165, 1.54) is 0 Å². The van der Waals surface area contributed by atoms with Crippen molar-refractivity contribution in [2.75, 3.05) is 6.61 Å². The lowest BCUT2D eigenvalue weighted by atomic mass is 10.1. The maximum atomic E-state index is 9.08. The van der Waals surface area contributed by atoms with Crippen LogP contribution >= 0.6 is 0 Å². The Morgan fingerprint density at radius 3 is 2.64 bits per heavy atom. The van der Waals surface area contributed by atoms with Gasteiger partial charge in [-0.25, -0.2) is 4.98 Å². The minimum absolute atomic E-state index is 0.149. The van der Waals surface area contributed by atoms with E-state index in [2.05, 4.69) is 11.1 Å². The van der Waals surface area contributed by atoms with E-state index >= 15 is 0 Å². The number of fused-ring (bicyclic) bond motifs is 1. The fourth-order valence-electron chi connectivity index (χ4n) is 2.98. The summed E-state index contributed by atoms with van der Waals surface area (Å²) in [6, 6.07) is 17.9. The van der Waals surface area contributed by atoms with Gasteiger partial charge in [0.2, 0.25) is 5.89 Å². The first-order valence-electron chi connectivity index (χ1n) is 8.37. The van der Waals surface area contributed by atoms with Gasteiger partial charge in [-0.15, -0.1) is 0 Å². The number of benzene rings is 2. The predicted octanol–water partition coefficient (Wildman–Crippen LogP) is 4.52. The molecule has 2 heterocycles. The summed E-state index contributed by atoms with van der Waals surface area (Å²) in [6.07, 6.45) is 1.24. The van der Waals surface area contributed by atoms with Crippen molar-refractivity contribution in [1.29, 1.82) is 0 Å². The third-order valence-corrected chi connectivity index (χ3v) is 4.29. The molecule has 0 bridgehead atoms. The van der Waals surface area contributed by atoms with Crippen molar-refractivity contribution < 1.29 is 13.9 Å². The second kappa shape index (κ2) is 6.57. The normalized spacial score (nSPS) is 11.3. The van der Waals surface area contributed by atoms with Gasteiger partial charge < -0.3 is 13.9 Å². The molecule has 2 aromatic carbocycles. The molecule has 4 nitrogen and oxygen atoms in total. The van der Waals surface area contributed by atoms with Gasteiger partial charge in [0.15, 0.2) is 0 Å². The van der Waals surface area contributed by atoms with Crippen molar-refractivity contribution in [1.82, 2.24) is 4.98 Å². The van der Waals surface area contributed by atoms with E-state index in [0.29, 0.717) is 18.7 Å². The zero-order chi connectivity index (χ0) is 17.2. The molecule has 4 aromatic rings. The van der Waals surface area contributed by atoms with E-state index in [1.807, 2.05) is 55.5 Å². The van der Waals surface area contributed by atoms with Crippen LogP contribution in [-0.2, 0) is 12.8 Å². The molecule has 4 rings (SSSR count). The second-order valence-electron chi connectivity index (χ2n) is 6.12. The van der Waals surface area contributed by atoms with Crippen molar-refractivity contribution >= 4 is 11.0 Å². The summed E-state index contributed by atoms with van der Waals surface area (Å²) in [6.45, 7) is 2.08. The van der Waals surface area contributed by atoms with Gasteiger partial charge in [0.05, 0.1) is 12.1 Å². The summed E-state index contributed by atoms with van der Waals surface area (Å²) < 4.78 is 11.7. The lowest BCUT2D eigenvalue weighted by Crippen LogP contribution is -1.89. The highest BCUT2D eigenvalue weighted by molar-refractivity contribution is 5.78. The molecule has 0 spiro atoms. The summed E-state index contributed by atoms with van der Waals surface area (Å²) in [5, 5.41) is 10.1. The number of aliphatic hydroxyl groups excluding tert-OH is 1. The molecule has 0 fully saturated rings. The van der Waals surface area contributed by atoms with Gasteiger partial charge in [-0.05, 0) is 49.2 Å². The van der Waals surface area contributed by atoms with Crippen LogP contribution in [0.15, 0.2) is 63.4 Å². The molecule has 0 aliphatic rings. The molecule has 2 aromatic heterocycles. The second-order valence-corrected chi connectivity index (χ2v) is 6.12. The molecule has 0 aliphatic heterocycles. The summed E-state index contributed by atoms with van der Waals surface area (Å²) in [5.41, 5.74) is 3.80. The van der Waals surface area contributed by atoms with E-state index in [9.17, 15) is 0 Å². The first-order valence-corrected chi connectivity index (χ1v) is 8.37. The molecule has 0 saturated carbocycles. The van der Waals surface area contributed by atoms with Crippen LogP contribution in [-0.4, -0.2) is 16.7 Å². The largest absolute Gasteiger partial charge is 0.461 e. The van der Waals surface area contributed by atoms with Gasteiger partial charge in [-0.1, -0.05) is 24.3 Å². The van der Waals surface area contributed by atoms with Gasteiger partial charge in [-0.2, -0.15) is 0 Å². The van der Waals surface area contributed by atoms with Crippen LogP contribution in [0, 0.1) is 6.92 Å². The number of hydrogen-bond acceptors (Lipinski definition) is 4. The number of aromatic nitrogens is 1. The fourth-order valence-corrected chi connectivity index (χ4v) is 2.98. The topological polar surface area (TPSA) is 59.4 Å². The zero-order valence-corrected chi connectivity index (χ0v) is 14.0. The molecule has 1 N–H and O–H groups in total. The average Bonchev–Trinajstić information content (AvgIpc) is 3.19. The van der Waals surface area contributed by atoms with Crippen LogP contribution in [0.1, 0.15) is 22.8 Å². The van der Waals surface area contributed by atoms with Crippen molar-refractivity contribution in [2.45, 2.75) is 19.8 Å². The first-order chi connectivity index (χ1) is 12.2. The molecule has 4 heteroatoms. The Morgan fingerprint density at radius 2 is 1.84 bits per heavy atom. The highest BCUT2D eigenvalue weighted by Crippen LogP contribution is 2.26. The molecule has 0 amide bonds. The third-order valence-electron chi connectivity index (χ3n) is 4.29. The SMILES string of the molecule is Cc1oc(-c2ccccc2)nc1Cc1cc2cc(CCO)ccc2o1. The fraction of sp³-hybridized carbons (Fsp3) is 0.190. The Hall–Kier alpha value is -2.85. The Labute approximate surface area is 145 Å². The summed E-state index contributed by atoms with van der Waals surface area (Å²) in [4.78, 5) is 4.63. The number of oxazole rings is 1. The lowest BCUT2D eigenvalue weighted by molar-refractivity contribution is 0.299. The van der Waals surface area contributed by atoms with Crippen LogP contribution in [0.4, 0.5) is 0 Å². The Balaban J connectivity index is 1.62. The molecule has 0 aliphatic carbocycles. The van der Waals surface area contributed by atoms with Crippen molar-refractivity contribution in [2.24, 2.45) is 0 Å². The number of furan rings is 1. The molecule has 0 radical (unpaired) electrons. The number of aliphatic hydroxyl groups is 1.